The molecule has 0 spiro atoms. The summed E-state index contributed by atoms with van der Waals surface area (Å²) in [6.45, 7) is 10.6. The predicted octanol–water partition coefficient (Wildman–Crippen LogP) is 2.47. The molecule has 2 rings (SSSR count). The Kier molecular flexibility index (Phi) is 11.0. The summed E-state index contributed by atoms with van der Waals surface area (Å²) in [4.78, 5) is 23.0. The number of rotatable bonds is 6. The van der Waals surface area contributed by atoms with Crippen molar-refractivity contribution in [3.05, 3.63) is 30.1 Å². The molecule has 8 heteroatoms. The van der Waals surface area contributed by atoms with E-state index in [0.717, 1.165) is 31.3 Å². The number of pyridine rings is 1. The molecule has 1 aliphatic rings. The number of hydrogen-bond acceptors (Lipinski definition) is 4. The van der Waals surface area contributed by atoms with E-state index in [1.807, 2.05) is 0 Å². The minimum Gasteiger partial charge on any atom is -0.357 e. The molecule has 1 fully saturated rings. The number of carbonyl (C=O) groups excluding carboxylic acids is 1. The molecule has 146 valence electrons. The highest BCUT2D eigenvalue weighted by Gasteiger charge is 2.24. The average Bonchev–Trinajstić information content (AvgIpc) is 2.65. The Bertz CT molecular complexity index is 570. The highest BCUT2D eigenvalue weighted by Crippen LogP contribution is 2.24. The summed E-state index contributed by atoms with van der Waals surface area (Å²) in [7, 11) is 0. The summed E-state index contributed by atoms with van der Waals surface area (Å²) in [6.07, 6.45) is 3.23. The van der Waals surface area contributed by atoms with Crippen LogP contribution in [0.2, 0.25) is 0 Å². The van der Waals surface area contributed by atoms with E-state index < -0.39 is 0 Å². The second-order valence-electron chi connectivity index (χ2n) is 6.33. The molecule has 1 aromatic heterocycles. The maximum atomic E-state index is 12.0. The van der Waals surface area contributed by atoms with Crippen LogP contribution in [0, 0.1) is 5.92 Å². The molecule has 0 aliphatic carbocycles. The first-order chi connectivity index (χ1) is 12.1. The molecule has 0 aromatic carbocycles. The number of halogens is 1. The Morgan fingerprint density at radius 2 is 2.27 bits per heavy atom. The quantitative estimate of drug-likeness (QED) is 0.277. The van der Waals surface area contributed by atoms with E-state index in [1.165, 1.54) is 0 Å². The minimum atomic E-state index is -0.109. The first-order valence-electron chi connectivity index (χ1n) is 8.95. The lowest BCUT2D eigenvalue weighted by Crippen LogP contribution is -2.49. The lowest BCUT2D eigenvalue weighted by molar-refractivity contribution is 0.0954. The molecule has 1 atom stereocenters. The van der Waals surface area contributed by atoms with E-state index in [1.54, 1.807) is 24.5 Å². The van der Waals surface area contributed by atoms with E-state index in [9.17, 15) is 4.79 Å². The highest BCUT2D eigenvalue weighted by molar-refractivity contribution is 14.0. The van der Waals surface area contributed by atoms with Gasteiger partial charge in [-0.25, -0.2) is 0 Å². The van der Waals surface area contributed by atoms with Crippen LogP contribution in [-0.4, -0.2) is 65.5 Å². The van der Waals surface area contributed by atoms with Gasteiger partial charge < -0.3 is 15.5 Å². The van der Waals surface area contributed by atoms with E-state index in [-0.39, 0.29) is 29.9 Å². The number of thioether (sulfide) groups is 1. The summed E-state index contributed by atoms with van der Waals surface area (Å²) in [5.74, 6) is 2.63. The van der Waals surface area contributed by atoms with Gasteiger partial charge in [-0.3, -0.25) is 14.8 Å². The van der Waals surface area contributed by atoms with Crippen LogP contribution in [0.25, 0.3) is 0 Å². The molecule has 6 nitrogen and oxygen atoms in total. The van der Waals surface area contributed by atoms with Gasteiger partial charge in [-0.05, 0) is 25.0 Å². The largest absolute Gasteiger partial charge is 0.357 e. The summed E-state index contributed by atoms with van der Waals surface area (Å²) < 4.78 is 0. The topological polar surface area (TPSA) is 69.6 Å². The van der Waals surface area contributed by atoms with Gasteiger partial charge in [-0.2, -0.15) is 11.8 Å². The van der Waals surface area contributed by atoms with E-state index in [4.69, 9.17) is 0 Å². The molecule has 2 heterocycles. The SMILES string of the molecule is CCNC(=NCCNC(=O)c1cccnc1)N1CCSC(C(C)C)C1.I. The lowest BCUT2D eigenvalue weighted by Gasteiger charge is -2.36. The number of aromatic nitrogens is 1. The average molecular weight is 491 g/mol. The first-order valence-corrected chi connectivity index (χ1v) is 9.99. The Labute approximate surface area is 178 Å². The summed E-state index contributed by atoms with van der Waals surface area (Å²) in [6, 6.07) is 3.52. The van der Waals surface area contributed by atoms with Crippen molar-refractivity contribution in [1.29, 1.82) is 0 Å². The van der Waals surface area contributed by atoms with Gasteiger partial charge in [0.1, 0.15) is 0 Å². The zero-order chi connectivity index (χ0) is 18.1. The second kappa shape index (κ2) is 12.4. The Morgan fingerprint density at radius 1 is 1.46 bits per heavy atom. The lowest BCUT2D eigenvalue weighted by atomic mass is 10.1. The van der Waals surface area contributed by atoms with Gasteiger partial charge in [0.15, 0.2) is 5.96 Å². The summed E-state index contributed by atoms with van der Waals surface area (Å²) in [5.41, 5.74) is 0.575. The summed E-state index contributed by atoms with van der Waals surface area (Å²) >= 11 is 2.05. The minimum absolute atomic E-state index is 0. The van der Waals surface area contributed by atoms with Crippen molar-refractivity contribution in [2.45, 2.75) is 26.0 Å². The van der Waals surface area contributed by atoms with Crippen LogP contribution in [0.1, 0.15) is 31.1 Å². The Morgan fingerprint density at radius 3 is 2.92 bits per heavy atom. The number of nitrogens with one attached hydrogen (secondary N) is 2. The van der Waals surface area contributed by atoms with Crippen molar-refractivity contribution in [1.82, 2.24) is 20.5 Å². The second-order valence-corrected chi connectivity index (χ2v) is 7.68. The molecular formula is C18H30IN5OS. The zero-order valence-corrected chi connectivity index (χ0v) is 18.9. The van der Waals surface area contributed by atoms with Gasteiger partial charge >= 0.3 is 0 Å². The molecular weight excluding hydrogens is 461 g/mol. The third kappa shape index (κ3) is 7.30. The predicted molar refractivity (Wildman–Crippen MR) is 121 cm³/mol. The van der Waals surface area contributed by atoms with Gasteiger partial charge in [0.25, 0.3) is 5.91 Å². The third-order valence-electron chi connectivity index (χ3n) is 4.05. The molecule has 0 bridgehead atoms. The summed E-state index contributed by atoms with van der Waals surface area (Å²) in [5, 5.41) is 6.91. The first kappa shape index (κ1) is 23.0. The van der Waals surface area contributed by atoms with Crippen LogP contribution in [-0.2, 0) is 0 Å². The number of nitrogens with zero attached hydrogens (tertiary/aromatic N) is 3. The van der Waals surface area contributed by atoms with Crippen molar-refractivity contribution in [3.8, 4) is 0 Å². The number of guanidine groups is 1. The van der Waals surface area contributed by atoms with Crippen LogP contribution >= 0.6 is 35.7 Å². The molecule has 26 heavy (non-hydrogen) atoms. The number of amides is 1. The number of carbonyl (C=O) groups is 1. The van der Waals surface area contributed by atoms with Gasteiger partial charge in [0, 0.05) is 49.6 Å². The van der Waals surface area contributed by atoms with Gasteiger partial charge in [-0.15, -0.1) is 24.0 Å². The fourth-order valence-electron chi connectivity index (χ4n) is 2.63. The van der Waals surface area contributed by atoms with Crippen LogP contribution in [0.3, 0.4) is 0 Å². The van der Waals surface area contributed by atoms with Crippen molar-refractivity contribution in [2.75, 3.05) is 38.5 Å². The third-order valence-corrected chi connectivity index (χ3v) is 5.59. The Hall–Kier alpha value is -1.03. The van der Waals surface area contributed by atoms with E-state index in [0.29, 0.717) is 29.8 Å². The molecule has 1 unspecified atom stereocenters. The van der Waals surface area contributed by atoms with E-state index >= 15 is 0 Å². The van der Waals surface area contributed by atoms with Crippen LogP contribution < -0.4 is 10.6 Å². The van der Waals surface area contributed by atoms with Crippen molar-refractivity contribution >= 4 is 47.6 Å². The van der Waals surface area contributed by atoms with Gasteiger partial charge in [0.05, 0.1) is 12.1 Å². The van der Waals surface area contributed by atoms with Gasteiger partial charge in [0.2, 0.25) is 0 Å². The monoisotopic (exact) mass is 491 g/mol. The van der Waals surface area contributed by atoms with Crippen LogP contribution in [0.5, 0.6) is 0 Å². The molecule has 1 aromatic rings. The fourth-order valence-corrected chi connectivity index (χ4v) is 3.93. The van der Waals surface area contributed by atoms with Gasteiger partial charge in [-0.1, -0.05) is 13.8 Å². The molecule has 1 saturated heterocycles. The van der Waals surface area contributed by atoms with Crippen molar-refractivity contribution in [2.24, 2.45) is 10.9 Å². The smallest absolute Gasteiger partial charge is 0.252 e. The van der Waals surface area contributed by atoms with Crippen LogP contribution in [0.4, 0.5) is 0 Å². The van der Waals surface area contributed by atoms with Crippen molar-refractivity contribution in [3.63, 3.8) is 0 Å². The molecule has 2 N–H and O–H groups in total. The number of aliphatic imine (C=N–C) groups is 1. The van der Waals surface area contributed by atoms with Crippen LogP contribution in [0.15, 0.2) is 29.5 Å². The molecule has 1 aliphatic heterocycles. The molecule has 1 amide bonds. The number of hydrogen-bond donors (Lipinski definition) is 2. The van der Waals surface area contributed by atoms with E-state index in [2.05, 4.69) is 58.0 Å². The molecule has 0 radical (unpaired) electrons. The fraction of sp³-hybridized carbons (Fsp3) is 0.611. The molecule has 0 saturated carbocycles. The van der Waals surface area contributed by atoms with Crippen molar-refractivity contribution < 1.29 is 4.79 Å². The Balaban J connectivity index is 0.00000338. The standard InChI is InChI=1S/C18H29N5OS.HI/c1-4-20-18(23-10-11-25-16(13-23)14(2)3)22-9-8-21-17(24)15-6-5-7-19-12-15;/h5-7,12,14,16H,4,8-11,13H2,1-3H3,(H,20,22)(H,21,24);1H. The maximum Gasteiger partial charge on any atom is 0.252 e. The maximum absolute atomic E-state index is 12.0. The normalized spacial score (nSPS) is 17.6. The zero-order valence-electron chi connectivity index (χ0n) is 15.8. The highest BCUT2D eigenvalue weighted by atomic mass is 127.